The molecular formula is C25H32N4O. The summed E-state index contributed by atoms with van der Waals surface area (Å²) in [6.45, 7) is 11.1. The minimum absolute atomic E-state index is 0.0360. The number of rotatable bonds is 9. The van der Waals surface area contributed by atoms with Gasteiger partial charge in [0.1, 0.15) is 6.04 Å². The molecule has 30 heavy (non-hydrogen) atoms. The Kier molecular flexibility index (Phi) is 7.41. The molecule has 3 rings (SSSR count). The van der Waals surface area contributed by atoms with Crippen molar-refractivity contribution in [3.05, 3.63) is 88.7 Å². The van der Waals surface area contributed by atoms with Crippen molar-refractivity contribution in [3.63, 3.8) is 0 Å². The molecule has 0 spiro atoms. The first-order chi connectivity index (χ1) is 14.5. The van der Waals surface area contributed by atoms with Crippen LogP contribution in [0.4, 0.5) is 0 Å². The van der Waals surface area contributed by atoms with Gasteiger partial charge in [-0.05, 0) is 49.7 Å². The first-order valence-corrected chi connectivity index (χ1v) is 10.7. The number of carbonyl (C=O) groups is 1. The molecule has 1 unspecified atom stereocenters. The summed E-state index contributed by atoms with van der Waals surface area (Å²) >= 11 is 0. The van der Waals surface area contributed by atoms with Crippen LogP contribution in [-0.2, 0) is 17.9 Å². The Bertz CT molecular complexity index is 960. The lowest BCUT2D eigenvalue weighted by Gasteiger charge is -2.29. The van der Waals surface area contributed by atoms with Crippen molar-refractivity contribution in [1.29, 1.82) is 0 Å². The number of hydrogen-bond donors (Lipinski definition) is 1. The summed E-state index contributed by atoms with van der Waals surface area (Å²) in [5.74, 6) is 0.0360. The maximum atomic E-state index is 13.1. The second kappa shape index (κ2) is 10.2. The molecule has 2 aromatic carbocycles. The number of benzene rings is 2. The third-order valence-electron chi connectivity index (χ3n) is 5.44. The number of nitrogens with zero attached hydrogens (tertiary/aromatic N) is 3. The predicted octanol–water partition coefficient (Wildman–Crippen LogP) is 4.25. The van der Waals surface area contributed by atoms with Crippen LogP contribution in [0, 0.1) is 13.8 Å². The van der Waals surface area contributed by atoms with Crippen LogP contribution < -0.4 is 5.32 Å². The average Bonchev–Trinajstić information content (AvgIpc) is 3.07. The van der Waals surface area contributed by atoms with Gasteiger partial charge >= 0.3 is 0 Å². The minimum Gasteiger partial charge on any atom is -0.350 e. The summed E-state index contributed by atoms with van der Waals surface area (Å²) in [6.07, 6.45) is 0. The van der Waals surface area contributed by atoms with E-state index < -0.39 is 0 Å². The Hall–Kier alpha value is -2.92. The fraction of sp³-hybridized carbons (Fsp3) is 0.360. The van der Waals surface area contributed by atoms with E-state index in [2.05, 4.69) is 60.4 Å². The van der Waals surface area contributed by atoms with E-state index in [1.807, 2.05) is 48.0 Å². The molecule has 0 fully saturated rings. The molecule has 0 aliphatic heterocycles. The van der Waals surface area contributed by atoms with Gasteiger partial charge in [-0.15, -0.1) is 0 Å². The molecule has 0 aliphatic carbocycles. The summed E-state index contributed by atoms with van der Waals surface area (Å²) < 4.78 is 2.01. The third kappa shape index (κ3) is 5.36. The lowest BCUT2D eigenvalue weighted by atomic mass is 10.0. The topological polar surface area (TPSA) is 50.2 Å². The van der Waals surface area contributed by atoms with Gasteiger partial charge in [0.05, 0.1) is 12.2 Å². The van der Waals surface area contributed by atoms with E-state index in [0.29, 0.717) is 6.54 Å². The summed E-state index contributed by atoms with van der Waals surface area (Å²) in [4.78, 5) is 15.3. The second-order valence-electron chi connectivity index (χ2n) is 7.66. The molecule has 0 bridgehead atoms. The van der Waals surface area contributed by atoms with E-state index in [1.54, 1.807) is 0 Å². The van der Waals surface area contributed by atoms with E-state index in [1.165, 1.54) is 5.56 Å². The first-order valence-electron chi connectivity index (χ1n) is 10.7. The van der Waals surface area contributed by atoms with Crippen molar-refractivity contribution in [2.45, 2.75) is 46.8 Å². The van der Waals surface area contributed by atoms with E-state index in [0.717, 1.165) is 42.1 Å². The number of aryl methyl sites for hydroxylation is 2. The number of carbonyl (C=O) groups excluding carboxylic acids is 1. The van der Waals surface area contributed by atoms with Gasteiger partial charge in [0, 0.05) is 12.2 Å². The number of aromatic nitrogens is 2. The third-order valence-corrected chi connectivity index (χ3v) is 5.44. The van der Waals surface area contributed by atoms with E-state index >= 15 is 0 Å². The van der Waals surface area contributed by atoms with Crippen LogP contribution >= 0.6 is 0 Å². The summed E-state index contributed by atoms with van der Waals surface area (Å²) in [5.41, 5.74) is 5.47. The highest BCUT2D eigenvalue weighted by atomic mass is 16.2. The zero-order chi connectivity index (χ0) is 21.5. The molecule has 3 aromatic rings. The van der Waals surface area contributed by atoms with Crippen molar-refractivity contribution >= 4 is 5.91 Å². The highest BCUT2D eigenvalue weighted by molar-refractivity contribution is 5.83. The predicted molar refractivity (Wildman–Crippen MR) is 121 cm³/mol. The molecule has 1 aromatic heterocycles. The molecule has 0 saturated heterocycles. The van der Waals surface area contributed by atoms with Gasteiger partial charge in [0.2, 0.25) is 5.91 Å². The monoisotopic (exact) mass is 404 g/mol. The Morgan fingerprint density at radius 1 is 1.00 bits per heavy atom. The zero-order valence-corrected chi connectivity index (χ0v) is 18.4. The Morgan fingerprint density at radius 3 is 2.33 bits per heavy atom. The molecule has 158 valence electrons. The Morgan fingerprint density at radius 2 is 1.70 bits per heavy atom. The Balaban J connectivity index is 1.70. The molecule has 0 radical (unpaired) electrons. The van der Waals surface area contributed by atoms with Crippen LogP contribution in [0.15, 0.2) is 60.7 Å². The maximum Gasteiger partial charge on any atom is 0.242 e. The van der Waals surface area contributed by atoms with Crippen molar-refractivity contribution in [3.8, 4) is 0 Å². The number of likely N-dealkylation sites (N-methyl/N-ethyl adjacent to an activating group) is 1. The van der Waals surface area contributed by atoms with Crippen LogP contribution in [0.2, 0.25) is 0 Å². The SMILES string of the molecule is CCN(CC)C(C(=O)NCc1cccc(Cn2nc(C)cc2C)c1)c1ccccc1. The molecule has 5 heteroatoms. The van der Waals surface area contributed by atoms with Crippen molar-refractivity contribution in [2.75, 3.05) is 13.1 Å². The molecule has 1 atom stereocenters. The standard InChI is InChI=1S/C25H32N4O/c1-5-28(6-2)24(23-13-8-7-9-14-23)25(30)26-17-21-11-10-12-22(16-21)18-29-20(4)15-19(3)27-29/h7-16,24H,5-6,17-18H2,1-4H3,(H,26,30). The van der Waals surface area contributed by atoms with Crippen LogP contribution in [0.5, 0.6) is 0 Å². The largest absolute Gasteiger partial charge is 0.350 e. The summed E-state index contributed by atoms with van der Waals surface area (Å²) in [5, 5.41) is 7.70. The van der Waals surface area contributed by atoms with Crippen LogP contribution in [-0.4, -0.2) is 33.7 Å². The molecule has 0 aliphatic rings. The normalized spacial score (nSPS) is 12.2. The summed E-state index contributed by atoms with van der Waals surface area (Å²) in [6, 6.07) is 20.2. The highest BCUT2D eigenvalue weighted by Gasteiger charge is 2.25. The van der Waals surface area contributed by atoms with Gasteiger partial charge in [-0.1, -0.05) is 68.4 Å². The van der Waals surface area contributed by atoms with Crippen LogP contribution in [0.3, 0.4) is 0 Å². The zero-order valence-electron chi connectivity index (χ0n) is 18.4. The highest BCUT2D eigenvalue weighted by Crippen LogP contribution is 2.21. The van der Waals surface area contributed by atoms with Crippen LogP contribution in [0.25, 0.3) is 0 Å². The molecular weight excluding hydrogens is 372 g/mol. The van der Waals surface area contributed by atoms with E-state index in [-0.39, 0.29) is 11.9 Å². The van der Waals surface area contributed by atoms with Gasteiger partial charge in [-0.3, -0.25) is 14.4 Å². The molecule has 0 saturated carbocycles. The van der Waals surface area contributed by atoms with Gasteiger partial charge in [0.15, 0.2) is 0 Å². The average molecular weight is 405 g/mol. The maximum absolute atomic E-state index is 13.1. The fourth-order valence-corrected chi connectivity index (χ4v) is 3.88. The van der Waals surface area contributed by atoms with Crippen molar-refractivity contribution in [1.82, 2.24) is 20.0 Å². The quantitative estimate of drug-likeness (QED) is 0.580. The lowest BCUT2D eigenvalue weighted by Crippen LogP contribution is -2.40. The molecule has 1 amide bonds. The van der Waals surface area contributed by atoms with Gasteiger partial charge in [-0.25, -0.2) is 0 Å². The van der Waals surface area contributed by atoms with Crippen molar-refractivity contribution < 1.29 is 4.79 Å². The van der Waals surface area contributed by atoms with Gasteiger partial charge in [-0.2, -0.15) is 5.10 Å². The molecule has 1 heterocycles. The number of hydrogen-bond acceptors (Lipinski definition) is 3. The number of amides is 1. The second-order valence-corrected chi connectivity index (χ2v) is 7.66. The van der Waals surface area contributed by atoms with Gasteiger partial charge < -0.3 is 5.32 Å². The summed E-state index contributed by atoms with van der Waals surface area (Å²) in [7, 11) is 0. The fourth-order valence-electron chi connectivity index (χ4n) is 3.88. The van der Waals surface area contributed by atoms with Crippen molar-refractivity contribution in [2.24, 2.45) is 0 Å². The first kappa shape index (κ1) is 21.8. The van der Waals surface area contributed by atoms with E-state index in [9.17, 15) is 4.79 Å². The minimum atomic E-state index is -0.279. The smallest absolute Gasteiger partial charge is 0.242 e. The Labute approximate surface area is 179 Å². The van der Waals surface area contributed by atoms with Crippen LogP contribution in [0.1, 0.15) is 48.0 Å². The number of nitrogens with one attached hydrogen (secondary N) is 1. The molecule has 1 N–H and O–H groups in total. The lowest BCUT2D eigenvalue weighted by molar-refractivity contribution is -0.126. The van der Waals surface area contributed by atoms with Gasteiger partial charge in [0.25, 0.3) is 0 Å². The molecule has 5 nitrogen and oxygen atoms in total. The van der Waals surface area contributed by atoms with E-state index in [4.69, 9.17) is 0 Å².